The van der Waals surface area contributed by atoms with Crippen molar-refractivity contribution >= 4 is 5.69 Å². The normalized spacial score (nSPS) is 16.6. The molecule has 1 heterocycles. The van der Waals surface area contributed by atoms with Crippen LogP contribution in [-0.4, -0.2) is 13.1 Å². The predicted molar refractivity (Wildman–Crippen MR) is 71.1 cm³/mol. The molecule has 16 heavy (non-hydrogen) atoms. The molecule has 0 unspecified atom stereocenters. The largest absolute Gasteiger partial charge is 0.371 e. The van der Waals surface area contributed by atoms with Crippen LogP contribution in [0.5, 0.6) is 0 Å². The maximum atomic E-state index is 2.48. The molecule has 0 N–H and O–H groups in total. The Kier molecular flexibility index (Phi) is 3.66. The van der Waals surface area contributed by atoms with Gasteiger partial charge in [0, 0.05) is 18.8 Å². The molecule has 0 saturated carbocycles. The fourth-order valence-corrected chi connectivity index (χ4v) is 2.14. The first-order chi connectivity index (χ1) is 7.77. The van der Waals surface area contributed by atoms with E-state index in [0.29, 0.717) is 5.92 Å². The van der Waals surface area contributed by atoms with E-state index < -0.39 is 0 Å². The number of anilines is 1. The van der Waals surface area contributed by atoms with E-state index >= 15 is 0 Å². The minimum absolute atomic E-state index is 0.625. The zero-order valence-corrected chi connectivity index (χ0v) is 10.3. The van der Waals surface area contributed by atoms with Gasteiger partial charge in [0.15, 0.2) is 0 Å². The summed E-state index contributed by atoms with van der Waals surface area (Å²) in [6.45, 7) is 6.78. The number of benzene rings is 1. The Balaban J connectivity index is 2.08. The highest BCUT2D eigenvalue weighted by atomic mass is 15.1. The van der Waals surface area contributed by atoms with E-state index in [-0.39, 0.29) is 0 Å². The van der Waals surface area contributed by atoms with Crippen LogP contribution in [-0.2, 0) is 0 Å². The minimum atomic E-state index is 0.625. The van der Waals surface area contributed by atoms with Crippen molar-refractivity contribution in [1.82, 2.24) is 0 Å². The summed E-state index contributed by atoms with van der Waals surface area (Å²) in [7, 11) is 0. The SMILES string of the molecule is CC(C)c1ccc(N2CCC=CCC2)cc1. The second-order valence-corrected chi connectivity index (χ2v) is 4.78. The molecule has 0 aromatic heterocycles. The van der Waals surface area contributed by atoms with Gasteiger partial charge in [0.1, 0.15) is 0 Å². The average molecular weight is 215 g/mol. The van der Waals surface area contributed by atoms with Crippen molar-refractivity contribution in [3.8, 4) is 0 Å². The van der Waals surface area contributed by atoms with Crippen LogP contribution in [0.1, 0.15) is 38.2 Å². The molecule has 86 valence electrons. The number of hydrogen-bond donors (Lipinski definition) is 0. The van der Waals surface area contributed by atoms with Gasteiger partial charge in [0.2, 0.25) is 0 Å². The lowest BCUT2D eigenvalue weighted by Gasteiger charge is -2.23. The van der Waals surface area contributed by atoms with Crippen LogP contribution in [0.3, 0.4) is 0 Å². The Bertz CT molecular complexity index is 338. The van der Waals surface area contributed by atoms with Gasteiger partial charge in [0.05, 0.1) is 0 Å². The standard InChI is InChI=1S/C15H21N/c1-13(2)14-7-9-15(10-8-14)16-11-5-3-4-6-12-16/h3-4,7-10,13H,5-6,11-12H2,1-2H3. The van der Waals surface area contributed by atoms with Gasteiger partial charge >= 0.3 is 0 Å². The Morgan fingerprint density at radius 3 is 2.00 bits per heavy atom. The lowest BCUT2D eigenvalue weighted by Crippen LogP contribution is -2.23. The molecule has 0 fully saturated rings. The molecule has 0 bridgehead atoms. The lowest BCUT2D eigenvalue weighted by atomic mass is 10.0. The molecular formula is C15H21N. The molecule has 0 saturated heterocycles. The minimum Gasteiger partial charge on any atom is -0.371 e. The summed E-state index contributed by atoms with van der Waals surface area (Å²) >= 11 is 0. The molecule has 1 aliphatic rings. The Hall–Kier alpha value is -1.24. The molecule has 0 radical (unpaired) electrons. The summed E-state index contributed by atoms with van der Waals surface area (Å²) in [5.41, 5.74) is 2.80. The van der Waals surface area contributed by atoms with Gasteiger partial charge in [-0.25, -0.2) is 0 Å². The second-order valence-electron chi connectivity index (χ2n) is 4.78. The molecule has 0 atom stereocenters. The molecule has 1 heteroatoms. The van der Waals surface area contributed by atoms with Gasteiger partial charge in [-0.3, -0.25) is 0 Å². The first kappa shape index (κ1) is 11.3. The summed E-state index contributed by atoms with van der Waals surface area (Å²) in [4.78, 5) is 2.48. The second kappa shape index (κ2) is 5.20. The quantitative estimate of drug-likeness (QED) is 0.675. The molecule has 1 aromatic carbocycles. The number of nitrogens with zero attached hydrogens (tertiary/aromatic N) is 1. The van der Waals surface area contributed by atoms with Gasteiger partial charge in [-0.1, -0.05) is 38.1 Å². The van der Waals surface area contributed by atoms with Crippen molar-refractivity contribution in [2.45, 2.75) is 32.6 Å². The van der Waals surface area contributed by atoms with Gasteiger partial charge < -0.3 is 4.90 Å². The third-order valence-electron chi connectivity index (χ3n) is 3.22. The molecular weight excluding hydrogens is 194 g/mol. The zero-order valence-electron chi connectivity index (χ0n) is 10.3. The van der Waals surface area contributed by atoms with Crippen molar-refractivity contribution in [3.05, 3.63) is 42.0 Å². The van der Waals surface area contributed by atoms with Crippen LogP contribution in [0, 0.1) is 0 Å². The van der Waals surface area contributed by atoms with Gasteiger partial charge in [-0.2, -0.15) is 0 Å². The summed E-state index contributed by atoms with van der Waals surface area (Å²) < 4.78 is 0. The topological polar surface area (TPSA) is 3.24 Å². The van der Waals surface area contributed by atoms with Crippen molar-refractivity contribution in [3.63, 3.8) is 0 Å². The lowest BCUT2D eigenvalue weighted by molar-refractivity contribution is 0.809. The first-order valence-corrected chi connectivity index (χ1v) is 6.27. The molecule has 0 spiro atoms. The van der Waals surface area contributed by atoms with Crippen LogP contribution in [0.2, 0.25) is 0 Å². The first-order valence-electron chi connectivity index (χ1n) is 6.27. The molecule has 1 aromatic rings. The van der Waals surface area contributed by atoms with E-state index in [9.17, 15) is 0 Å². The van der Waals surface area contributed by atoms with Crippen molar-refractivity contribution in [1.29, 1.82) is 0 Å². The summed E-state index contributed by atoms with van der Waals surface area (Å²) in [6, 6.07) is 9.05. The van der Waals surface area contributed by atoms with Crippen LogP contribution in [0.25, 0.3) is 0 Å². The van der Waals surface area contributed by atoms with Crippen molar-refractivity contribution < 1.29 is 0 Å². The molecule has 0 aliphatic carbocycles. The Morgan fingerprint density at radius 2 is 1.50 bits per heavy atom. The summed E-state index contributed by atoms with van der Waals surface area (Å²) in [5.74, 6) is 0.625. The van der Waals surface area contributed by atoms with Crippen LogP contribution in [0.4, 0.5) is 5.69 Å². The average Bonchev–Trinajstić information content (AvgIpc) is 2.57. The molecule has 1 nitrogen and oxygen atoms in total. The molecule has 0 amide bonds. The fourth-order valence-electron chi connectivity index (χ4n) is 2.14. The van der Waals surface area contributed by atoms with Gasteiger partial charge in [-0.15, -0.1) is 0 Å². The highest BCUT2D eigenvalue weighted by Gasteiger charge is 2.07. The highest BCUT2D eigenvalue weighted by Crippen LogP contribution is 2.21. The maximum Gasteiger partial charge on any atom is 0.0366 e. The van der Waals surface area contributed by atoms with E-state index in [1.54, 1.807) is 0 Å². The van der Waals surface area contributed by atoms with E-state index in [0.717, 1.165) is 13.1 Å². The summed E-state index contributed by atoms with van der Waals surface area (Å²) in [6.07, 6.45) is 6.93. The van der Waals surface area contributed by atoms with E-state index in [2.05, 4.69) is 55.2 Å². The van der Waals surface area contributed by atoms with E-state index in [4.69, 9.17) is 0 Å². The highest BCUT2D eigenvalue weighted by molar-refractivity contribution is 5.48. The van der Waals surface area contributed by atoms with Gasteiger partial charge in [0.25, 0.3) is 0 Å². The van der Waals surface area contributed by atoms with Crippen LogP contribution >= 0.6 is 0 Å². The van der Waals surface area contributed by atoms with Gasteiger partial charge in [-0.05, 0) is 36.5 Å². The number of hydrogen-bond acceptors (Lipinski definition) is 1. The molecule has 2 rings (SSSR count). The van der Waals surface area contributed by atoms with E-state index in [1.165, 1.54) is 24.1 Å². The third kappa shape index (κ3) is 2.66. The maximum absolute atomic E-state index is 2.48. The number of rotatable bonds is 2. The van der Waals surface area contributed by atoms with Crippen molar-refractivity contribution in [2.24, 2.45) is 0 Å². The van der Waals surface area contributed by atoms with E-state index in [1.807, 2.05) is 0 Å². The summed E-state index contributed by atoms with van der Waals surface area (Å²) in [5, 5.41) is 0. The smallest absolute Gasteiger partial charge is 0.0366 e. The van der Waals surface area contributed by atoms with Crippen LogP contribution in [0.15, 0.2) is 36.4 Å². The monoisotopic (exact) mass is 215 g/mol. The molecule has 1 aliphatic heterocycles. The van der Waals surface area contributed by atoms with Crippen molar-refractivity contribution in [2.75, 3.05) is 18.0 Å². The van der Waals surface area contributed by atoms with Crippen LogP contribution < -0.4 is 4.90 Å². The Morgan fingerprint density at radius 1 is 0.938 bits per heavy atom. The fraction of sp³-hybridized carbons (Fsp3) is 0.467. The third-order valence-corrected chi connectivity index (χ3v) is 3.22. The Labute approximate surface area is 98.8 Å². The zero-order chi connectivity index (χ0) is 11.4. The predicted octanol–water partition coefficient (Wildman–Crippen LogP) is 3.97.